The molecule has 0 saturated heterocycles. The van der Waals surface area contributed by atoms with Crippen molar-refractivity contribution in [3.8, 4) is 10.6 Å². The molecule has 0 amide bonds. The van der Waals surface area contributed by atoms with Crippen molar-refractivity contribution in [2.24, 2.45) is 0 Å². The maximum Gasteiger partial charge on any atom is 0.150 e. The first-order chi connectivity index (χ1) is 13.2. The number of carbonyl (C=O) groups excluding carboxylic acids is 1. The predicted molar refractivity (Wildman–Crippen MR) is 105 cm³/mol. The minimum absolute atomic E-state index is 0.254. The second-order valence-electron chi connectivity index (χ2n) is 6.47. The summed E-state index contributed by atoms with van der Waals surface area (Å²) in [7, 11) is 0. The standard InChI is InChI=1S/C22H13FN2OS/c23-17-12-14(13-26)6-7-16(17)20-24-18-8-9-19(25-21(18)27-20)22(10-11-22)15-4-2-1-3-5-15/h1-13H. The highest BCUT2D eigenvalue weighted by molar-refractivity contribution is 7.21. The van der Waals surface area contributed by atoms with E-state index < -0.39 is 5.82 Å². The van der Waals surface area contributed by atoms with E-state index in [1.807, 2.05) is 30.3 Å². The SMILES string of the molecule is O=Cc1ccc(-c2nc3ccc(C4(c5ccccc5)C=C4)nc3s2)c(F)c1. The summed E-state index contributed by atoms with van der Waals surface area (Å²) in [5.74, 6) is -0.455. The molecule has 2 heterocycles. The predicted octanol–water partition coefficient (Wildman–Crippen LogP) is 5.17. The lowest BCUT2D eigenvalue weighted by Crippen LogP contribution is -2.12. The minimum atomic E-state index is -0.455. The van der Waals surface area contributed by atoms with E-state index in [2.05, 4.69) is 29.3 Å². The van der Waals surface area contributed by atoms with Gasteiger partial charge in [0.2, 0.25) is 0 Å². The van der Waals surface area contributed by atoms with Crippen molar-refractivity contribution in [2.75, 3.05) is 0 Å². The summed E-state index contributed by atoms with van der Waals surface area (Å²) >= 11 is 1.35. The van der Waals surface area contributed by atoms with Gasteiger partial charge in [0, 0.05) is 11.1 Å². The van der Waals surface area contributed by atoms with E-state index in [0.29, 0.717) is 22.4 Å². The van der Waals surface area contributed by atoms with Crippen LogP contribution in [-0.2, 0) is 5.41 Å². The van der Waals surface area contributed by atoms with Gasteiger partial charge in [0.1, 0.15) is 27.5 Å². The monoisotopic (exact) mass is 372 g/mol. The average Bonchev–Trinajstić information content (AvgIpc) is 3.41. The topological polar surface area (TPSA) is 42.9 Å². The number of rotatable bonds is 4. The minimum Gasteiger partial charge on any atom is -0.298 e. The molecule has 0 atom stereocenters. The van der Waals surface area contributed by atoms with E-state index >= 15 is 0 Å². The number of fused-ring (bicyclic) bond motifs is 1. The van der Waals surface area contributed by atoms with Crippen LogP contribution >= 0.6 is 11.3 Å². The number of nitrogens with zero attached hydrogens (tertiary/aromatic N) is 2. The van der Waals surface area contributed by atoms with Crippen molar-refractivity contribution in [1.82, 2.24) is 9.97 Å². The lowest BCUT2D eigenvalue weighted by Gasteiger charge is -2.15. The fraction of sp³-hybridized carbons (Fsp3) is 0.0455. The van der Waals surface area contributed by atoms with Crippen molar-refractivity contribution in [2.45, 2.75) is 5.41 Å². The molecule has 0 radical (unpaired) electrons. The van der Waals surface area contributed by atoms with Crippen LogP contribution in [0, 0.1) is 5.82 Å². The number of hydrogen-bond donors (Lipinski definition) is 0. The number of benzene rings is 2. The van der Waals surface area contributed by atoms with Gasteiger partial charge in [-0.3, -0.25) is 4.79 Å². The first kappa shape index (κ1) is 16.0. The number of carbonyl (C=O) groups is 1. The summed E-state index contributed by atoms with van der Waals surface area (Å²) in [5.41, 5.74) is 3.29. The molecule has 1 aliphatic carbocycles. The summed E-state index contributed by atoms with van der Waals surface area (Å²) in [6.07, 6.45) is 4.90. The highest BCUT2D eigenvalue weighted by atomic mass is 32.1. The Hall–Kier alpha value is -3.18. The van der Waals surface area contributed by atoms with E-state index in [1.165, 1.54) is 23.0 Å². The van der Waals surface area contributed by atoms with Crippen LogP contribution in [0.5, 0.6) is 0 Å². The highest BCUT2D eigenvalue weighted by Gasteiger charge is 2.39. The summed E-state index contributed by atoms with van der Waals surface area (Å²) in [6, 6.07) is 18.5. The van der Waals surface area contributed by atoms with Crippen LogP contribution in [0.25, 0.3) is 20.9 Å². The fourth-order valence-corrected chi connectivity index (χ4v) is 4.21. The third-order valence-electron chi connectivity index (χ3n) is 4.79. The lowest BCUT2D eigenvalue weighted by molar-refractivity contribution is 0.112. The smallest absolute Gasteiger partial charge is 0.150 e. The number of thiazole rings is 1. The van der Waals surface area contributed by atoms with Crippen molar-refractivity contribution in [1.29, 1.82) is 0 Å². The molecule has 27 heavy (non-hydrogen) atoms. The largest absolute Gasteiger partial charge is 0.298 e. The van der Waals surface area contributed by atoms with Gasteiger partial charge in [-0.05, 0) is 29.8 Å². The molecule has 5 heteroatoms. The van der Waals surface area contributed by atoms with E-state index in [-0.39, 0.29) is 5.41 Å². The number of aldehydes is 1. The summed E-state index contributed by atoms with van der Waals surface area (Å²) < 4.78 is 14.3. The quantitative estimate of drug-likeness (QED) is 0.367. The van der Waals surface area contributed by atoms with Crippen LogP contribution in [0.3, 0.4) is 0 Å². The maximum atomic E-state index is 14.3. The molecule has 0 bridgehead atoms. The number of allylic oxidation sites excluding steroid dienone is 2. The Morgan fingerprint density at radius 3 is 2.48 bits per heavy atom. The van der Waals surface area contributed by atoms with Gasteiger partial charge in [-0.2, -0.15) is 0 Å². The Morgan fingerprint density at radius 2 is 1.78 bits per heavy atom. The van der Waals surface area contributed by atoms with Crippen LogP contribution in [0.2, 0.25) is 0 Å². The molecule has 2 aromatic heterocycles. The van der Waals surface area contributed by atoms with Gasteiger partial charge in [-0.15, -0.1) is 0 Å². The zero-order valence-corrected chi connectivity index (χ0v) is 14.9. The first-order valence-corrected chi connectivity index (χ1v) is 9.30. The second kappa shape index (κ2) is 5.93. The van der Waals surface area contributed by atoms with E-state index in [4.69, 9.17) is 4.98 Å². The Kier molecular flexibility index (Phi) is 3.52. The molecule has 0 unspecified atom stereocenters. The average molecular weight is 372 g/mol. The zero-order chi connectivity index (χ0) is 18.4. The third kappa shape index (κ3) is 2.59. The summed E-state index contributed by atoms with van der Waals surface area (Å²) in [4.78, 5) is 20.9. The molecular weight excluding hydrogens is 359 g/mol. The Balaban J connectivity index is 1.57. The number of aromatic nitrogens is 2. The molecule has 5 rings (SSSR count). The highest BCUT2D eigenvalue weighted by Crippen LogP contribution is 2.45. The molecule has 130 valence electrons. The van der Waals surface area contributed by atoms with Crippen molar-refractivity contribution < 1.29 is 9.18 Å². The molecule has 0 aliphatic heterocycles. The molecule has 0 spiro atoms. The number of hydrogen-bond acceptors (Lipinski definition) is 4. The van der Waals surface area contributed by atoms with Gasteiger partial charge < -0.3 is 0 Å². The van der Waals surface area contributed by atoms with Crippen molar-refractivity contribution in [3.05, 3.63) is 95.5 Å². The van der Waals surface area contributed by atoms with Crippen LogP contribution in [0.1, 0.15) is 21.6 Å². The molecule has 4 aromatic rings. The van der Waals surface area contributed by atoms with Gasteiger partial charge in [0.25, 0.3) is 0 Å². The molecular formula is C22H13FN2OS. The second-order valence-corrected chi connectivity index (χ2v) is 7.44. The maximum absolute atomic E-state index is 14.3. The van der Waals surface area contributed by atoms with Crippen LogP contribution in [0.15, 0.2) is 72.8 Å². The van der Waals surface area contributed by atoms with Gasteiger partial charge >= 0.3 is 0 Å². The molecule has 0 saturated carbocycles. The summed E-state index contributed by atoms with van der Waals surface area (Å²) in [5, 5.41) is 0.558. The molecule has 3 nitrogen and oxygen atoms in total. The Morgan fingerprint density at radius 1 is 0.963 bits per heavy atom. The molecule has 2 aromatic carbocycles. The van der Waals surface area contributed by atoms with E-state index in [9.17, 15) is 9.18 Å². The van der Waals surface area contributed by atoms with Crippen molar-refractivity contribution in [3.63, 3.8) is 0 Å². The van der Waals surface area contributed by atoms with Crippen LogP contribution < -0.4 is 0 Å². The Bertz CT molecular complexity index is 1210. The van der Waals surface area contributed by atoms with E-state index in [0.717, 1.165) is 16.0 Å². The van der Waals surface area contributed by atoms with Gasteiger partial charge in [-0.25, -0.2) is 14.4 Å². The fourth-order valence-electron chi connectivity index (χ4n) is 3.25. The summed E-state index contributed by atoms with van der Waals surface area (Å²) in [6.45, 7) is 0. The van der Waals surface area contributed by atoms with Crippen molar-refractivity contribution >= 4 is 28.0 Å². The van der Waals surface area contributed by atoms with Crippen LogP contribution in [0.4, 0.5) is 4.39 Å². The lowest BCUT2D eigenvalue weighted by atomic mass is 9.89. The number of halogens is 1. The number of pyridine rings is 1. The van der Waals surface area contributed by atoms with Crippen LogP contribution in [-0.4, -0.2) is 16.3 Å². The normalized spacial score (nSPS) is 14.4. The van der Waals surface area contributed by atoms with Gasteiger partial charge in [0.15, 0.2) is 0 Å². The molecule has 0 fully saturated rings. The zero-order valence-electron chi connectivity index (χ0n) is 14.1. The van der Waals surface area contributed by atoms with Gasteiger partial charge in [-0.1, -0.05) is 59.9 Å². The van der Waals surface area contributed by atoms with E-state index in [1.54, 1.807) is 12.1 Å². The molecule has 0 N–H and O–H groups in total. The molecule has 1 aliphatic rings. The van der Waals surface area contributed by atoms with Gasteiger partial charge in [0.05, 0.1) is 11.1 Å². The third-order valence-corrected chi connectivity index (χ3v) is 5.79. The Labute approximate surface area is 158 Å². The first-order valence-electron chi connectivity index (χ1n) is 8.49.